The number of fused-ring (bicyclic) bond motifs is 1. The fraction of sp³-hybridized carbons (Fsp3) is 0.583. The number of hydrogen-bond acceptors (Lipinski definition) is 3. The van der Waals surface area contributed by atoms with Gasteiger partial charge in [-0.05, 0) is 46.8 Å². The van der Waals surface area contributed by atoms with E-state index in [0.29, 0.717) is 12.5 Å². The zero-order chi connectivity index (χ0) is 12.3. The molecule has 0 fully saturated rings. The maximum atomic E-state index is 11.1. The lowest BCUT2D eigenvalue weighted by atomic mass is 9.94. The van der Waals surface area contributed by atoms with E-state index in [9.17, 15) is 4.79 Å². The molecule has 1 amide bonds. The maximum Gasteiger partial charge on any atom is 0.221 e. The van der Waals surface area contributed by atoms with E-state index < -0.39 is 0 Å². The summed E-state index contributed by atoms with van der Waals surface area (Å²) in [6.45, 7) is 0.747. The molecular weight excluding hydrogens is 300 g/mol. The second-order valence-electron chi connectivity index (χ2n) is 4.25. The van der Waals surface area contributed by atoms with Gasteiger partial charge < -0.3 is 10.6 Å². The quantitative estimate of drug-likeness (QED) is 0.896. The van der Waals surface area contributed by atoms with Crippen LogP contribution in [0.15, 0.2) is 9.85 Å². The Balaban J connectivity index is 1.92. The lowest BCUT2D eigenvalue weighted by molar-refractivity contribution is -0.120. The normalized spacial score (nSPS) is 18.8. The molecule has 1 aromatic rings. The molecule has 1 aliphatic rings. The summed E-state index contributed by atoms with van der Waals surface area (Å²) in [6.07, 6.45) is 4.15. The second-order valence-corrected chi connectivity index (χ2v) is 6.77. The third-order valence-corrected chi connectivity index (χ3v) is 4.82. The minimum atomic E-state index is 0.0973. The fourth-order valence-electron chi connectivity index (χ4n) is 2.22. The lowest BCUT2D eigenvalue weighted by Gasteiger charge is -2.23. The first-order valence-corrected chi connectivity index (χ1v) is 7.53. The average Bonchev–Trinajstić information content (AvgIpc) is 2.70. The molecule has 0 aromatic carbocycles. The summed E-state index contributed by atoms with van der Waals surface area (Å²) >= 11 is 5.38. The van der Waals surface area contributed by atoms with Gasteiger partial charge in [-0.15, -0.1) is 11.3 Å². The Bertz CT molecular complexity index is 405. The number of amides is 1. The number of carbonyl (C=O) groups excluding carboxylic acids is 1. The summed E-state index contributed by atoms with van der Waals surface area (Å²) in [6, 6.07) is 2.64. The summed E-state index contributed by atoms with van der Waals surface area (Å²) in [5.74, 6) is 0.0973. The summed E-state index contributed by atoms with van der Waals surface area (Å²) < 4.78 is 1.21. The van der Waals surface area contributed by atoms with E-state index in [1.165, 1.54) is 33.5 Å². The molecule has 0 saturated carbocycles. The third kappa shape index (κ3) is 3.30. The van der Waals surface area contributed by atoms with Crippen LogP contribution in [0.25, 0.3) is 0 Å². The second kappa shape index (κ2) is 5.98. The van der Waals surface area contributed by atoms with Gasteiger partial charge >= 0.3 is 0 Å². The van der Waals surface area contributed by atoms with E-state index in [1.807, 2.05) is 11.3 Å². The van der Waals surface area contributed by atoms with Crippen LogP contribution in [0, 0.1) is 0 Å². The molecule has 2 N–H and O–H groups in total. The van der Waals surface area contributed by atoms with Gasteiger partial charge in [0.15, 0.2) is 0 Å². The highest BCUT2D eigenvalue weighted by atomic mass is 79.9. The van der Waals surface area contributed by atoms with Crippen molar-refractivity contribution in [2.45, 2.75) is 31.7 Å². The summed E-state index contributed by atoms with van der Waals surface area (Å²) in [4.78, 5) is 12.6. The van der Waals surface area contributed by atoms with E-state index in [0.717, 1.165) is 6.54 Å². The number of carbonyl (C=O) groups is 1. The predicted molar refractivity (Wildman–Crippen MR) is 74.4 cm³/mol. The number of rotatable bonds is 4. The third-order valence-electron chi connectivity index (χ3n) is 3.11. The van der Waals surface area contributed by atoms with Crippen LogP contribution in [0.2, 0.25) is 0 Å². The smallest absolute Gasteiger partial charge is 0.221 e. The topological polar surface area (TPSA) is 41.1 Å². The first-order chi connectivity index (χ1) is 8.20. The van der Waals surface area contributed by atoms with E-state index in [-0.39, 0.29) is 5.91 Å². The zero-order valence-corrected chi connectivity index (χ0v) is 12.3. The van der Waals surface area contributed by atoms with E-state index >= 15 is 0 Å². The lowest BCUT2D eigenvalue weighted by Crippen LogP contribution is -2.29. The molecule has 3 nitrogen and oxygen atoms in total. The molecule has 94 valence electrons. The highest BCUT2D eigenvalue weighted by molar-refractivity contribution is 9.11. The number of nitrogens with one attached hydrogen (secondary N) is 2. The molecule has 17 heavy (non-hydrogen) atoms. The van der Waals surface area contributed by atoms with Crippen molar-refractivity contribution in [3.8, 4) is 0 Å². The maximum absolute atomic E-state index is 11.1. The van der Waals surface area contributed by atoms with Gasteiger partial charge in [0.2, 0.25) is 5.91 Å². The van der Waals surface area contributed by atoms with Crippen LogP contribution < -0.4 is 10.6 Å². The Morgan fingerprint density at radius 2 is 2.47 bits per heavy atom. The summed E-state index contributed by atoms with van der Waals surface area (Å²) in [5.41, 5.74) is 1.42. The molecule has 0 saturated heterocycles. The van der Waals surface area contributed by atoms with Crippen molar-refractivity contribution < 1.29 is 4.79 Å². The molecule has 1 aromatic heterocycles. The molecule has 5 heteroatoms. The van der Waals surface area contributed by atoms with E-state index in [1.54, 1.807) is 7.05 Å². The molecule has 1 aliphatic carbocycles. The molecule has 2 rings (SSSR count). The molecule has 0 bridgehead atoms. The number of halogens is 1. The summed E-state index contributed by atoms with van der Waals surface area (Å²) in [5, 5.41) is 6.12. The van der Waals surface area contributed by atoms with Gasteiger partial charge in [-0.2, -0.15) is 0 Å². The fourth-order valence-corrected chi connectivity index (χ4v) is 4.04. The molecule has 1 heterocycles. The SMILES string of the molecule is CNC(=O)CCNC1CCCc2sc(Br)cc21. The van der Waals surface area contributed by atoms with Gasteiger partial charge in [0.05, 0.1) is 3.79 Å². The van der Waals surface area contributed by atoms with Gasteiger partial charge in [-0.3, -0.25) is 4.79 Å². The average molecular weight is 317 g/mol. The standard InChI is InChI=1S/C12H17BrN2OS/c1-14-12(16)5-6-15-9-3-2-4-10-8(9)7-11(13)17-10/h7,9,15H,2-6H2,1H3,(H,14,16). The van der Waals surface area contributed by atoms with Crippen molar-refractivity contribution in [3.05, 3.63) is 20.3 Å². The van der Waals surface area contributed by atoms with Gasteiger partial charge in [0.25, 0.3) is 0 Å². The number of aryl methyl sites for hydroxylation is 1. The van der Waals surface area contributed by atoms with Crippen molar-refractivity contribution in [3.63, 3.8) is 0 Å². The highest BCUT2D eigenvalue weighted by Crippen LogP contribution is 2.37. The van der Waals surface area contributed by atoms with Crippen LogP contribution in [0.4, 0.5) is 0 Å². The molecule has 0 spiro atoms. The van der Waals surface area contributed by atoms with E-state index in [4.69, 9.17) is 0 Å². The Morgan fingerprint density at radius 3 is 3.24 bits per heavy atom. The minimum Gasteiger partial charge on any atom is -0.359 e. The predicted octanol–water partition coefficient (Wildman–Crippen LogP) is 2.61. The Morgan fingerprint density at radius 1 is 1.65 bits per heavy atom. The first kappa shape index (κ1) is 13.1. The van der Waals surface area contributed by atoms with Crippen molar-refractivity contribution in [1.29, 1.82) is 0 Å². The first-order valence-electron chi connectivity index (χ1n) is 5.92. The zero-order valence-electron chi connectivity index (χ0n) is 9.88. The molecular formula is C12H17BrN2OS. The molecule has 1 atom stereocenters. The van der Waals surface area contributed by atoms with Crippen molar-refractivity contribution in [2.24, 2.45) is 0 Å². The monoisotopic (exact) mass is 316 g/mol. The van der Waals surface area contributed by atoms with Gasteiger partial charge in [0.1, 0.15) is 0 Å². The number of thiophene rings is 1. The Kier molecular flexibility index (Phi) is 4.59. The van der Waals surface area contributed by atoms with Crippen molar-refractivity contribution in [2.75, 3.05) is 13.6 Å². The largest absolute Gasteiger partial charge is 0.359 e. The van der Waals surface area contributed by atoms with Crippen LogP contribution in [-0.4, -0.2) is 19.5 Å². The van der Waals surface area contributed by atoms with Crippen LogP contribution in [-0.2, 0) is 11.2 Å². The summed E-state index contributed by atoms with van der Waals surface area (Å²) in [7, 11) is 1.68. The molecule has 0 radical (unpaired) electrons. The molecule has 0 aliphatic heterocycles. The van der Waals surface area contributed by atoms with Gasteiger partial charge in [0, 0.05) is 30.9 Å². The van der Waals surface area contributed by atoms with E-state index in [2.05, 4.69) is 32.6 Å². The number of hydrogen-bond donors (Lipinski definition) is 2. The van der Waals surface area contributed by atoms with Gasteiger partial charge in [-0.1, -0.05) is 0 Å². The van der Waals surface area contributed by atoms with Crippen LogP contribution in [0.1, 0.15) is 35.7 Å². The van der Waals surface area contributed by atoms with Gasteiger partial charge in [-0.25, -0.2) is 0 Å². The van der Waals surface area contributed by atoms with Crippen LogP contribution in [0.5, 0.6) is 0 Å². The molecule has 1 unspecified atom stereocenters. The van der Waals surface area contributed by atoms with Crippen molar-refractivity contribution >= 4 is 33.2 Å². The Labute approximate surface area is 114 Å². The van der Waals surface area contributed by atoms with Crippen molar-refractivity contribution in [1.82, 2.24) is 10.6 Å². The van der Waals surface area contributed by atoms with Crippen LogP contribution in [0.3, 0.4) is 0 Å². The van der Waals surface area contributed by atoms with Crippen LogP contribution >= 0.6 is 27.3 Å². The highest BCUT2D eigenvalue weighted by Gasteiger charge is 2.22. The Hall–Kier alpha value is -0.390. The minimum absolute atomic E-state index is 0.0973.